The van der Waals surface area contributed by atoms with Gasteiger partial charge in [0.05, 0.1) is 5.69 Å². The molecule has 3 heteroatoms. The molecule has 0 bridgehead atoms. The Morgan fingerprint density at radius 3 is 2.55 bits per heavy atom. The summed E-state index contributed by atoms with van der Waals surface area (Å²) in [5.41, 5.74) is 2.34. The Labute approximate surface area is 80.6 Å². The van der Waals surface area contributed by atoms with E-state index < -0.39 is 0 Å². The minimum absolute atomic E-state index is 0.492. The zero-order valence-corrected chi connectivity index (χ0v) is 9.08. The monoisotopic (exact) mass is 262 g/mol. The number of rotatable bonds is 1. The summed E-state index contributed by atoms with van der Waals surface area (Å²) in [4.78, 5) is 8.45. The largest absolute Gasteiger partial charge is 0.231 e. The highest BCUT2D eigenvalue weighted by atomic mass is 127. The number of nitrogens with zero attached hydrogens (tertiary/aromatic N) is 2. The van der Waals surface area contributed by atoms with Crippen molar-refractivity contribution in [1.29, 1.82) is 0 Å². The SMILES string of the molecule is Cc1cnc(I)nc1C(C)C. The first-order valence-corrected chi connectivity index (χ1v) is 4.68. The first-order chi connectivity index (χ1) is 5.11. The maximum absolute atomic E-state index is 4.35. The fourth-order valence-electron chi connectivity index (χ4n) is 1.02. The molecular weight excluding hydrogens is 251 g/mol. The van der Waals surface area contributed by atoms with Crippen molar-refractivity contribution in [2.24, 2.45) is 0 Å². The van der Waals surface area contributed by atoms with E-state index in [1.54, 1.807) is 0 Å². The molecule has 1 aromatic rings. The van der Waals surface area contributed by atoms with Gasteiger partial charge in [0.25, 0.3) is 0 Å². The first-order valence-electron chi connectivity index (χ1n) is 3.60. The molecule has 0 radical (unpaired) electrons. The van der Waals surface area contributed by atoms with Gasteiger partial charge in [0.1, 0.15) is 0 Å². The van der Waals surface area contributed by atoms with Gasteiger partial charge in [0.2, 0.25) is 0 Å². The smallest absolute Gasteiger partial charge is 0.190 e. The molecule has 0 aliphatic heterocycles. The molecule has 1 rings (SSSR count). The van der Waals surface area contributed by atoms with E-state index in [1.165, 1.54) is 5.56 Å². The van der Waals surface area contributed by atoms with Gasteiger partial charge in [-0.1, -0.05) is 13.8 Å². The van der Waals surface area contributed by atoms with Crippen molar-refractivity contribution in [2.75, 3.05) is 0 Å². The number of aryl methyl sites for hydroxylation is 1. The van der Waals surface area contributed by atoms with Gasteiger partial charge in [-0.3, -0.25) is 0 Å². The highest BCUT2D eigenvalue weighted by molar-refractivity contribution is 14.1. The molecule has 0 amide bonds. The van der Waals surface area contributed by atoms with Crippen LogP contribution in [0.3, 0.4) is 0 Å². The highest BCUT2D eigenvalue weighted by Gasteiger charge is 2.05. The number of hydrogen-bond acceptors (Lipinski definition) is 2. The van der Waals surface area contributed by atoms with Crippen LogP contribution in [0.1, 0.15) is 31.0 Å². The lowest BCUT2D eigenvalue weighted by Gasteiger charge is -2.06. The zero-order valence-electron chi connectivity index (χ0n) is 6.93. The van der Waals surface area contributed by atoms with Crippen molar-refractivity contribution in [2.45, 2.75) is 26.7 Å². The van der Waals surface area contributed by atoms with Crippen molar-refractivity contribution >= 4 is 22.6 Å². The Hall–Kier alpha value is -0.190. The molecule has 0 saturated heterocycles. The first kappa shape index (κ1) is 8.90. The van der Waals surface area contributed by atoms with Gasteiger partial charge in [0.15, 0.2) is 3.83 Å². The highest BCUT2D eigenvalue weighted by Crippen LogP contribution is 2.15. The summed E-state index contributed by atoms with van der Waals surface area (Å²) in [6, 6.07) is 0. The predicted octanol–water partition coefficient (Wildman–Crippen LogP) is 2.51. The van der Waals surface area contributed by atoms with Crippen LogP contribution in [0.4, 0.5) is 0 Å². The van der Waals surface area contributed by atoms with Crippen molar-refractivity contribution in [3.8, 4) is 0 Å². The molecule has 0 unspecified atom stereocenters. The third-order valence-electron chi connectivity index (χ3n) is 1.53. The average Bonchev–Trinajstić information content (AvgIpc) is 1.94. The molecule has 0 spiro atoms. The van der Waals surface area contributed by atoms with E-state index in [0.29, 0.717) is 5.92 Å². The van der Waals surface area contributed by atoms with E-state index in [9.17, 15) is 0 Å². The molecule has 1 aromatic heterocycles. The van der Waals surface area contributed by atoms with Gasteiger partial charge in [0, 0.05) is 28.8 Å². The van der Waals surface area contributed by atoms with Crippen LogP contribution in [-0.2, 0) is 0 Å². The molecule has 0 aromatic carbocycles. The Morgan fingerprint density at radius 1 is 1.45 bits per heavy atom. The van der Waals surface area contributed by atoms with Crippen LogP contribution in [-0.4, -0.2) is 9.97 Å². The Balaban J connectivity index is 3.13. The summed E-state index contributed by atoms with van der Waals surface area (Å²) in [5.74, 6) is 0.492. The molecule has 1 heterocycles. The molecular formula is C8H11IN2. The summed E-state index contributed by atoms with van der Waals surface area (Å²) in [5, 5.41) is 0. The molecule has 0 aliphatic rings. The third-order valence-corrected chi connectivity index (χ3v) is 2.05. The standard InChI is InChI=1S/C8H11IN2/c1-5(2)7-6(3)4-10-8(9)11-7/h4-5H,1-3H3. The van der Waals surface area contributed by atoms with E-state index in [-0.39, 0.29) is 0 Å². The predicted molar refractivity (Wildman–Crippen MR) is 53.6 cm³/mol. The van der Waals surface area contributed by atoms with Crippen LogP contribution < -0.4 is 0 Å². The summed E-state index contributed by atoms with van der Waals surface area (Å²) in [6.07, 6.45) is 1.88. The molecule has 0 N–H and O–H groups in total. The quantitative estimate of drug-likeness (QED) is 0.574. The van der Waals surface area contributed by atoms with E-state index in [1.807, 2.05) is 13.1 Å². The second kappa shape index (κ2) is 3.47. The minimum atomic E-state index is 0.492. The molecule has 60 valence electrons. The van der Waals surface area contributed by atoms with Gasteiger partial charge < -0.3 is 0 Å². The van der Waals surface area contributed by atoms with Crippen LogP contribution in [0.2, 0.25) is 0 Å². The van der Waals surface area contributed by atoms with Gasteiger partial charge >= 0.3 is 0 Å². The lowest BCUT2D eigenvalue weighted by molar-refractivity contribution is 0.793. The van der Waals surface area contributed by atoms with Crippen LogP contribution in [0.25, 0.3) is 0 Å². The minimum Gasteiger partial charge on any atom is -0.231 e. The normalized spacial score (nSPS) is 10.6. The molecule has 0 aliphatic carbocycles. The van der Waals surface area contributed by atoms with Crippen molar-refractivity contribution in [3.63, 3.8) is 0 Å². The topological polar surface area (TPSA) is 25.8 Å². The Morgan fingerprint density at radius 2 is 2.09 bits per heavy atom. The number of aromatic nitrogens is 2. The second-order valence-electron chi connectivity index (χ2n) is 2.86. The van der Waals surface area contributed by atoms with Crippen molar-refractivity contribution in [1.82, 2.24) is 9.97 Å². The molecule has 11 heavy (non-hydrogen) atoms. The van der Waals surface area contributed by atoms with Crippen LogP contribution in [0.15, 0.2) is 6.20 Å². The van der Waals surface area contributed by atoms with E-state index in [0.717, 1.165) is 9.53 Å². The lowest BCUT2D eigenvalue weighted by Crippen LogP contribution is -2.00. The molecule has 2 nitrogen and oxygen atoms in total. The fraction of sp³-hybridized carbons (Fsp3) is 0.500. The summed E-state index contributed by atoms with van der Waals surface area (Å²) >= 11 is 2.13. The van der Waals surface area contributed by atoms with Crippen molar-refractivity contribution < 1.29 is 0 Å². The van der Waals surface area contributed by atoms with Gasteiger partial charge in [-0.25, -0.2) is 9.97 Å². The van der Waals surface area contributed by atoms with Crippen molar-refractivity contribution in [3.05, 3.63) is 21.3 Å². The molecule has 0 fully saturated rings. The van der Waals surface area contributed by atoms with Crippen LogP contribution >= 0.6 is 22.6 Å². The number of halogens is 1. The van der Waals surface area contributed by atoms with Gasteiger partial charge in [-0.2, -0.15) is 0 Å². The maximum Gasteiger partial charge on any atom is 0.190 e. The maximum atomic E-state index is 4.35. The lowest BCUT2D eigenvalue weighted by atomic mass is 10.1. The summed E-state index contributed by atoms with van der Waals surface area (Å²) < 4.78 is 0.830. The Kier molecular flexibility index (Phi) is 2.81. The van der Waals surface area contributed by atoms with Gasteiger partial charge in [-0.05, 0) is 18.4 Å². The second-order valence-corrected chi connectivity index (χ2v) is 3.83. The van der Waals surface area contributed by atoms with Crippen LogP contribution in [0, 0.1) is 10.8 Å². The third kappa shape index (κ3) is 2.12. The van der Waals surface area contributed by atoms with E-state index in [2.05, 4.69) is 46.4 Å². The zero-order chi connectivity index (χ0) is 8.43. The van der Waals surface area contributed by atoms with E-state index >= 15 is 0 Å². The van der Waals surface area contributed by atoms with E-state index in [4.69, 9.17) is 0 Å². The van der Waals surface area contributed by atoms with Gasteiger partial charge in [-0.15, -0.1) is 0 Å². The summed E-state index contributed by atoms with van der Waals surface area (Å²) in [7, 11) is 0. The fourth-order valence-corrected chi connectivity index (χ4v) is 1.42. The number of hydrogen-bond donors (Lipinski definition) is 0. The van der Waals surface area contributed by atoms with Crippen LogP contribution in [0.5, 0.6) is 0 Å². The molecule has 0 saturated carbocycles. The molecule has 0 atom stereocenters. The summed E-state index contributed by atoms with van der Waals surface area (Å²) in [6.45, 7) is 6.34. The average molecular weight is 262 g/mol. The Bertz CT molecular complexity index is 258.